The lowest BCUT2D eigenvalue weighted by atomic mass is 9.51. The Morgan fingerprint density at radius 3 is 2.76 bits per heavy atom. The van der Waals surface area contributed by atoms with Crippen molar-refractivity contribution >= 4 is 17.5 Å². The Hall–Kier alpha value is -0.720. The van der Waals surface area contributed by atoms with Crippen molar-refractivity contribution in [1.29, 1.82) is 0 Å². The quantitative estimate of drug-likeness (QED) is 0.508. The lowest BCUT2D eigenvalue weighted by molar-refractivity contribution is -0.126. The van der Waals surface area contributed by atoms with Gasteiger partial charge in [-0.25, -0.2) is 0 Å². The lowest BCUT2D eigenvalue weighted by Gasteiger charge is -2.54. The molecule has 0 aromatic carbocycles. The molecule has 0 aliphatic heterocycles. The zero-order chi connectivity index (χ0) is 20.2. The van der Waals surface area contributed by atoms with Crippen LogP contribution in [0.2, 0.25) is 0 Å². The maximum atomic E-state index is 12.8. The first-order valence-electron chi connectivity index (χ1n) is 11.9. The molecule has 0 aromatic heterocycles. The van der Waals surface area contributed by atoms with E-state index in [0.29, 0.717) is 35.2 Å². The SMILES string of the molecule is CSCC(=O)[C@H]1CC[C@H]2[C@@H]3CC=C4C[C@](O)(C#CC5CC5)CC[C@@H]4[C@H]3CC[C@]12C. The first-order chi connectivity index (χ1) is 13.9. The van der Waals surface area contributed by atoms with E-state index in [1.807, 2.05) is 0 Å². The minimum atomic E-state index is -0.774. The van der Waals surface area contributed by atoms with Crippen molar-refractivity contribution in [3.05, 3.63) is 11.6 Å². The Kier molecular flexibility index (Phi) is 5.19. The second kappa shape index (κ2) is 7.45. The van der Waals surface area contributed by atoms with Crippen LogP contribution in [0, 0.1) is 52.8 Å². The summed E-state index contributed by atoms with van der Waals surface area (Å²) in [6.07, 6.45) is 15.7. The van der Waals surface area contributed by atoms with Crippen LogP contribution in [-0.2, 0) is 4.79 Å². The summed E-state index contributed by atoms with van der Waals surface area (Å²) in [7, 11) is 0. The van der Waals surface area contributed by atoms with Crippen LogP contribution in [0.3, 0.4) is 0 Å². The summed E-state index contributed by atoms with van der Waals surface area (Å²) in [5.74, 6) is 11.5. The third kappa shape index (κ3) is 3.53. The van der Waals surface area contributed by atoms with Gasteiger partial charge in [0.2, 0.25) is 0 Å². The van der Waals surface area contributed by atoms with Gasteiger partial charge in [0, 0.05) is 18.3 Å². The Bertz CT molecular complexity index is 771. The van der Waals surface area contributed by atoms with Crippen LogP contribution in [0.4, 0.5) is 0 Å². The zero-order valence-electron chi connectivity index (χ0n) is 18.1. The van der Waals surface area contributed by atoms with Crippen molar-refractivity contribution in [2.75, 3.05) is 12.0 Å². The van der Waals surface area contributed by atoms with E-state index in [1.54, 1.807) is 11.8 Å². The number of allylic oxidation sites excluding steroid dienone is 1. The van der Waals surface area contributed by atoms with Crippen LogP contribution in [0.1, 0.15) is 71.1 Å². The topological polar surface area (TPSA) is 37.3 Å². The Morgan fingerprint density at radius 1 is 1.17 bits per heavy atom. The molecule has 5 aliphatic carbocycles. The van der Waals surface area contributed by atoms with Crippen LogP contribution in [0.5, 0.6) is 0 Å². The van der Waals surface area contributed by atoms with Gasteiger partial charge in [0.25, 0.3) is 0 Å². The number of Topliss-reactive ketones (excluding diaryl/α,β-unsaturated/α-hetero) is 1. The van der Waals surface area contributed by atoms with Gasteiger partial charge in [-0.2, -0.15) is 11.8 Å². The summed E-state index contributed by atoms with van der Waals surface area (Å²) in [5.41, 5.74) is 0.954. The van der Waals surface area contributed by atoms with Gasteiger partial charge in [0.15, 0.2) is 0 Å². The second-order valence-corrected chi connectivity index (χ2v) is 11.8. The predicted molar refractivity (Wildman–Crippen MR) is 119 cm³/mol. The van der Waals surface area contributed by atoms with Crippen molar-refractivity contribution in [3.8, 4) is 11.8 Å². The zero-order valence-corrected chi connectivity index (χ0v) is 18.9. The van der Waals surface area contributed by atoms with Crippen LogP contribution >= 0.6 is 11.8 Å². The van der Waals surface area contributed by atoms with Gasteiger partial charge in [0.05, 0.1) is 5.75 Å². The largest absolute Gasteiger partial charge is 0.377 e. The second-order valence-electron chi connectivity index (χ2n) is 10.9. The van der Waals surface area contributed by atoms with Crippen molar-refractivity contribution in [2.45, 2.75) is 76.7 Å². The molecular formula is C26H36O2S. The van der Waals surface area contributed by atoms with E-state index >= 15 is 0 Å². The highest BCUT2D eigenvalue weighted by atomic mass is 32.2. The summed E-state index contributed by atoms with van der Waals surface area (Å²) in [6, 6.07) is 0. The first kappa shape index (κ1) is 20.2. The monoisotopic (exact) mass is 412 g/mol. The highest BCUT2D eigenvalue weighted by molar-refractivity contribution is 7.99. The summed E-state index contributed by atoms with van der Waals surface area (Å²) in [5, 5.41) is 11.1. The number of rotatable bonds is 3. The van der Waals surface area contributed by atoms with Crippen molar-refractivity contribution in [2.24, 2.45) is 40.9 Å². The highest BCUT2D eigenvalue weighted by Gasteiger charge is 2.57. The van der Waals surface area contributed by atoms with Gasteiger partial charge >= 0.3 is 0 Å². The van der Waals surface area contributed by atoms with Crippen LogP contribution in [0.25, 0.3) is 0 Å². The average molecular weight is 413 g/mol. The molecule has 0 aromatic rings. The molecule has 2 nitrogen and oxygen atoms in total. The number of fused-ring (bicyclic) bond motifs is 5. The molecule has 0 bridgehead atoms. The van der Waals surface area contributed by atoms with Crippen LogP contribution in [-0.4, -0.2) is 28.5 Å². The number of ketones is 1. The number of carbonyl (C=O) groups is 1. The fraction of sp³-hybridized carbons (Fsp3) is 0.808. The van der Waals surface area contributed by atoms with Crippen molar-refractivity contribution < 1.29 is 9.90 Å². The molecule has 4 fully saturated rings. The van der Waals surface area contributed by atoms with Gasteiger partial charge in [0.1, 0.15) is 11.4 Å². The fourth-order valence-electron chi connectivity index (χ4n) is 7.63. The van der Waals surface area contributed by atoms with Gasteiger partial charge < -0.3 is 5.11 Å². The van der Waals surface area contributed by atoms with Crippen LogP contribution < -0.4 is 0 Å². The molecule has 7 atom stereocenters. The molecule has 29 heavy (non-hydrogen) atoms. The maximum Gasteiger partial charge on any atom is 0.146 e. The molecule has 5 aliphatic rings. The molecule has 0 spiro atoms. The molecule has 5 rings (SSSR count). The van der Waals surface area contributed by atoms with Gasteiger partial charge in [-0.15, -0.1) is 0 Å². The highest BCUT2D eigenvalue weighted by Crippen LogP contribution is 2.63. The molecule has 0 heterocycles. The molecule has 3 heteroatoms. The summed E-state index contributed by atoms with van der Waals surface area (Å²) < 4.78 is 0. The first-order valence-corrected chi connectivity index (χ1v) is 13.3. The van der Waals surface area contributed by atoms with E-state index < -0.39 is 5.60 Å². The van der Waals surface area contributed by atoms with Gasteiger partial charge in [-0.1, -0.05) is 30.4 Å². The molecule has 4 saturated carbocycles. The van der Waals surface area contributed by atoms with E-state index in [9.17, 15) is 9.90 Å². The Labute approximate surface area is 180 Å². The number of hydrogen-bond donors (Lipinski definition) is 1. The maximum absolute atomic E-state index is 12.8. The van der Waals surface area contributed by atoms with E-state index in [1.165, 1.54) is 37.7 Å². The standard InChI is InChI=1S/C26H36O2S/c1-25-12-10-20-19-11-14-26(28,13-9-17-3-4-17)15-18(19)5-6-21(20)22(25)7-8-23(25)24(27)16-29-2/h5,17,19-23,28H,3-4,6-8,10-12,14-16H2,1-2H3/t19-,20+,21+,22-,23+,25-,26-/m0/s1. The molecule has 0 saturated heterocycles. The van der Waals surface area contributed by atoms with E-state index in [-0.39, 0.29) is 5.41 Å². The number of hydrogen-bond acceptors (Lipinski definition) is 3. The average Bonchev–Trinajstić information content (AvgIpc) is 3.46. The van der Waals surface area contributed by atoms with E-state index in [2.05, 4.69) is 31.1 Å². The Balaban J connectivity index is 1.33. The van der Waals surface area contributed by atoms with E-state index in [4.69, 9.17) is 0 Å². The predicted octanol–water partition coefficient (Wildman–Crippen LogP) is 5.25. The fourth-order valence-corrected chi connectivity index (χ4v) is 8.12. The normalized spacial score (nSPS) is 45.9. The number of carbonyl (C=O) groups excluding carboxylic acids is 1. The molecule has 1 N–H and O–H groups in total. The number of thioether (sulfide) groups is 1. The third-order valence-corrected chi connectivity index (χ3v) is 9.84. The molecule has 0 unspecified atom stereocenters. The molecule has 0 amide bonds. The Morgan fingerprint density at radius 2 is 2.00 bits per heavy atom. The third-order valence-electron chi connectivity index (χ3n) is 9.26. The van der Waals surface area contributed by atoms with Crippen LogP contribution in [0.15, 0.2) is 11.6 Å². The minimum Gasteiger partial charge on any atom is -0.377 e. The van der Waals surface area contributed by atoms with E-state index in [0.717, 1.165) is 43.9 Å². The lowest BCUT2D eigenvalue weighted by Crippen LogP contribution is -2.48. The van der Waals surface area contributed by atoms with Crippen molar-refractivity contribution in [1.82, 2.24) is 0 Å². The summed E-state index contributed by atoms with van der Waals surface area (Å²) in [4.78, 5) is 12.8. The summed E-state index contributed by atoms with van der Waals surface area (Å²) >= 11 is 1.69. The summed E-state index contributed by atoms with van der Waals surface area (Å²) in [6.45, 7) is 2.44. The molecule has 158 valence electrons. The number of aliphatic hydroxyl groups is 1. The van der Waals surface area contributed by atoms with Gasteiger partial charge in [-0.05, 0) is 93.1 Å². The minimum absolute atomic E-state index is 0.227. The molecule has 0 radical (unpaired) electrons. The van der Waals surface area contributed by atoms with Gasteiger partial charge in [-0.3, -0.25) is 4.79 Å². The van der Waals surface area contributed by atoms with Crippen molar-refractivity contribution in [3.63, 3.8) is 0 Å². The smallest absolute Gasteiger partial charge is 0.146 e. The molecular weight excluding hydrogens is 376 g/mol.